The van der Waals surface area contributed by atoms with Crippen LogP contribution in [0, 0.1) is 0 Å². The molecule has 4 nitrogen and oxygen atoms in total. The molecule has 128 valence electrons. The normalized spacial score (nSPS) is 10.4. The minimum Gasteiger partial charge on any atom is -0.497 e. The standard InChI is InChI=1S/C20H20N2O2S/c1-24-17-11-9-15(10-12-17)6-5-13-21-19(23)18-14-25-20(22-18)16-7-3-2-4-8-16/h2-4,7-12,14H,5-6,13H2,1H3,(H,21,23). The lowest BCUT2D eigenvalue weighted by atomic mass is 10.1. The number of aromatic nitrogens is 1. The van der Waals surface area contributed by atoms with Gasteiger partial charge in [-0.15, -0.1) is 11.3 Å². The van der Waals surface area contributed by atoms with Crippen LogP contribution in [0.15, 0.2) is 60.0 Å². The molecule has 5 heteroatoms. The second-order valence-electron chi connectivity index (χ2n) is 5.61. The third kappa shape index (κ3) is 4.67. The maximum atomic E-state index is 12.2. The summed E-state index contributed by atoms with van der Waals surface area (Å²) in [5.74, 6) is 0.739. The SMILES string of the molecule is COc1ccc(CCCNC(=O)c2csc(-c3ccccc3)n2)cc1. The van der Waals surface area contributed by atoms with Gasteiger partial charge in [0.05, 0.1) is 7.11 Å². The molecule has 1 N–H and O–H groups in total. The lowest BCUT2D eigenvalue weighted by Gasteiger charge is -2.05. The molecule has 3 rings (SSSR count). The molecule has 0 saturated carbocycles. The van der Waals surface area contributed by atoms with Crippen molar-refractivity contribution in [2.75, 3.05) is 13.7 Å². The van der Waals surface area contributed by atoms with E-state index in [4.69, 9.17) is 4.74 Å². The number of nitrogens with zero attached hydrogens (tertiary/aromatic N) is 1. The number of methoxy groups -OCH3 is 1. The molecule has 0 aliphatic carbocycles. The Labute approximate surface area is 151 Å². The van der Waals surface area contributed by atoms with Crippen molar-refractivity contribution in [3.05, 3.63) is 71.2 Å². The van der Waals surface area contributed by atoms with E-state index in [9.17, 15) is 4.79 Å². The summed E-state index contributed by atoms with van der Waals surface area (Å²) >= 11 is 1.49. The molecular formula is C20H20N2O2S. The van der Waals surface area contributed by atoms with Crippen LogP contribution in [0.2, 0.25) is 0 Å². The first kappa shape index (κ1) is 17.2. The van der Waals surface area contributed by atoms with Gasteiger partial charge in [0.15, 0.2) is 0 Å². The van der Waals surface area contributed by atoms with Crippen LogP contribution in [-0.4, -0.2) is 24.5 Å². The van der Waals surface area contributed by atoms with Gasteiger partial charge in [0.2, 0.25) is 0 Å². The first-order valence-corrected chi connectivity index (χ1v) is 9.06. The first-order valence-electron chi connectivity index (χ1n) is 8.18. The van der Waals surface area contributed by atoms with Gasteiger partial charge >= 0.3 is 0 Å². The van der Waals surface area contributed by atoms with Gasteiger partial charge in [-0.2, -0.15) is 0 Å². The van der Waals surface area contributed by atoms with Gasteiger partial charge in [0.1, 0.15) is 16.5 Å². The van der Waals surface area contributed by atoms with Crippen molar-refractivity contribution in [1.29, 1.82) is 0 Å². The Kier molecular flexibility index (Phi) is 5.80. The number of nitrogens with one attached hydrogen (secondary N) is 1. The highest BCUT2D eigenvalue weighted by atomic mass is 32.1. The van der Waals surface area contributed by atoms with Crippen molar-refractivity contribution in [1.82, 2.24) is 10.3 Å². The number of hydrogen-bond acceptors (Lipinski definition) is 4. The monoisotopic (exact) mass is 352 g/mol. The minimum absolute atomic E-state index is 0.117. The number of ether oxygens (including phenoxy) is 1. The average Bonchev–Trinajstić information content (AvgIpc) is 3.16. The Hall–Kier alpha value is -2.66. The molecule has 2 aromatic carbocycles. The molecule has 0 atom stereocenters. The molecule has 0 bridgehead atoms. The van der Waals surface area contributed by atoms with Crippen LogP contribution in [0.3, 0.4) is 0 Å². The smallest absolute Gasteiger partial charge is 0.270 e. The highest BCUT2D eigenvalue weighted by Gasteiger charge is 2.11. The Bertz CT molecular complexity index is 813. The molecule has 25 heavy (non-hydrogen) atoms. The topological polar surface area (TPSA) is 51.2 Å². The molecule has 0 spiro atoms. The lowest BCUT2D eigenvalue weighted by molar-refractivity contribution is 0.0949. The van der Waals surface area contributed by atoms with Gasteiger partial charge < -0.3 is 10.1 Å². The summed E-state index contributed by atoms with van der Waals surface area (Å²) in [5, 5.41) is 5.61. The highest BCUT2D eigenvalue weighted by Crippen LogP contribution is 2.23. The van der Waals surface area contributed by atoms with E-state index >= 15 is 0 Å². The number of aryl methyl sites for hydroxylation is 1. The van der Waals surface area contributed by atoms with Crippen molar-refractivity contribution >= 4 is 17.2 Å². The largest absolute Gasteiger partial charge is 0.497 e. The molecule has 1 amide bonds. The maximum absolute atomic E-state index is 12.2. The number of carbonyl (C=O) groups is 1. The van der Waals surface area contributed by atoms with E-state index < -0.39 is 0 Å². The number of carbonyl (C=O) groups excluding carboxylic acids is 1. The van der Waals surface area contributed by atoms with Crippen LogP contribution >= 0.6 is 11.3 Å². The van der Waals surface area contributed by atoms with Gasteiger partial charge in [-0.25, -0.2) is 4.98 Å². The molecule has 0 saturated heterocycles. The Morgan fingerprint density at radius 1 is 1.12 bits per heavy atom. The van der Waals surface area contributed by atoms with Crippen LogP contribution in [0.5, 0.6) is 5.75 Å². The van der Waals surface area contributed by atoms with Crippen LogP contribution in [0.1, 0.15) is 22.5 Å². The van der Waals surface area contributed by atoms with E-state index in [-0.39, 0.29) is 5.91 Å². The third-order valence-electron chi connectivity index (χ3n) is 3.84. The molecular weight excluding hydrogens is 332 g/mol. The van der Waals surface area contributed by atoms with Gasteiger partial charge in [-0.05, 0) is 30.5 Å². The van der Waals surface area contributed by atoms with Crippen LogP contribution in [-0.2, 0) is 6.42 Å². The molecule has 1 heterocycles. The van der Waals surface area contributed by atoms with E-state index in [0.29, 0.717) is 12.2 Å². The van der Waals surface area contributed by atoms with E-state index in [1.807, 2.05) is 54.6 Å². The number of benzene rings is 2. The van der Waals surface area contributed by atoms with Crippen molar-refractivity contribution in [2.45, 2.75) is 12.8 Å². The van der Waals surface area contributed by atoms with Gasteiger partial charge in [-0.1, -0.05) is 42.5 Å². The summed E-state index contributed by atoms with van der Waals surface area (Å²) in [6.07, 6.45) is 1.80. The molecule has 0 fully saturated rings. The zero-order valence-corrected chi connectivity index (χ0v) is 14.9. The van der Waals surface area contributed by atoms with E-state index in [2.05, 4.69) is 10.3 Å². The quantitative estimate of drug-likeness (QED) is 0.649. The summed E-state index contributed by atoms with van der Waals surface area (Å²) in [6, 6.07) is 17.9. The fourth-order valence-corrected chi connectivity index (χ4v) is 3.27. The Morgan fingerprint density at radius 3 is 2.60 bits per heavy atom. The summed E-state index contributed by atoms with van der Waals surface area (Å²) in [6.45, 7) is 0.628. The van der Waals surface area contributed by atoms with Crippen LogP contribution in [0.4, 0.5) is 0 Å². The van der Waals surface area contributed by atoms with Crippen molar-refractivity contribution in [3.63, 3.8) is 0 Å². The van der Waals surface area contributed by atoms with Gasteiger partial charge in [-0.3, -0.25) is 4.79 Å². The average molecular weight is 352 g/mol. The zero-order valence-electron chi connectivity index (χ0n) is 14.1. The van der Waals surface area contributed by atoms with Crippen LogP contribution in [0.25, 0.3) is 10.6 Å². The minimum atomic E-state index is -0.117. The molecule has 0 aliphatic rings. The number of hydrogen-bond donors (Lipinski definition) is 1. The molecule has 1 aromatic heterocycles. The predicted molar refractivity (Wildman–Crippen MR) is 101 cm³/mol. The number of amides is 1. The molecule has 0 aliphatic heterocycles. The van der Waals surface area contributed by atoms with E-state index in [1.54, 1.807) is 12.5 Å². The highest BCUT2D eigenvalue weighted by molar-refractivity contribution is 7.13. The Balaban J connectivity index is 1.47. The molecule has 3 aromatic rings. The van der Waals surface area contributed by atoms with Gasteiger partial charge in [0.25, 0.3) is 5.91 Å². The lowest BCUT2D eigenvalue weighted by Crippen LogP contribution is -2.25. The fraction of sp³-hybridized carbons (Fsp3) is 0.200. The van der Waals surface area contributed by atoms with E-state index in [1.165, 1.54) is 16.9 Å². The summed E-state index contributed by atoms with van der Waals surface area (Å²) in [7, 11) is 1.66. The van der Waals surface area contributed by atoms with Crippen molar-refractivity contribution in [3.8, 4) is 16.3 Å². The second-order valence-corrected chi connectivity index (χ2v) is 6.47. The Morgan fingerprint density at radius 2 is 1.88 bits per heavy atom. The third-order valence-corrected chi connectivity index (χ3v) is 4.74. The summed E-state index contributed by atoms with van der Waals surface area (Å²) < 4.78 is 5.15. The van der Waals surface area contributed by atoms with Crippen molar-refractivity contribution < 1.29 is 9.53 Å². The molecule has 0 radical (unpaired) electrons. The fourth-order valence-electron chi connectivity index (χ4n) is 2.47. The number of thiazole rings is 1. The predicted octanol–water partition coefficient (Wildman–Crippen LogP) is 4.18. The maximum Gasteiger partial charge on any atom is 0.270 e. The second kappa shape index (κ2) is 8.44. The first-order chi connectivity index (χ1) is 12.3. The van der Waals surface area contributed by atoms with Gasteiger partial charge in [0, 0.05) is 17.5 Å². The zero-order chi connectivity index (χ0) is 17.5. The van der Waals surface area contributed by atoms with E-state index in [0.717, 1.165) is 29.2 Å². The number of rotatable bonds is 7. The summed E-state index contributed by atoms with van der Waals surface area (Å²) in [5.41, 5.74) is 2.74. The molecule has 0 unspecified atom stereocenters. The summed E-state index contributed by atoms with van der Waals surface area (Å²) in [4.78, 5) is 16.6. The van der Waals surface area contributed by atoms with Crippen LogP contribution < -0.4 is 10.1 Å². The van der Waals surface area contributed by atoms with Crippen molar-refractivity contribution in [2.24, 2.45) is 0 Å².